The summed E-state index contributed by atoms with van der Waals surface area (Å²) in [6.07, 6.45) is 1.19. The highest BCUT2D eigenvalue weighted by Crippen LogP contribution is 2.22. The molecule has 0 spiro atoms. The van der Waals surface area contributed by atoms with Crippen molar-refractivity contribution < 1.29 is 13.5 Å². The molecule has 0 aliphatic rings. The van der Waals surface area contributed by atoms with Crippen LogP contribution in [0, 0.1) is 11.8 Å². The summed E-state index contributed by atoms with van der Waals surface area (Å²) >= 11 is 0. The molecule has 0 aromatic carbocycles. The van der Waals surface area contributed by atoms with E-state index in [0.29, 0.717) is 12.8 Å². The Morgan fingerprint density at radius 1 is 1.43 bits per heavy atom. The van der Waals surface area contributed by atoms with E-state index in [2.05, 4.69) is 11.8 Å². The fourth-order valence-electron chi connectivity index (χ4n) is 0.929. The van der Waals surface area contributed by atoms with Gasteiger partial charge < -0.3 is 5.11 Å². The number of hydrogen-bond acceptors (Lipinski definition) is 3. The molecular weight excluding hydrogens is 200 g/mol. The Hall–Kier alpha value is -0.530. The minimum Gasteiger partial charge on any atom is -0.391 e. The Morgan fingerprint density at radius 2 is 1.93 bits per heavy atom. The zero-order valence-corrected chi connectivity index (χ0v) is 9.98. The summed E-state index contributed by atoms with van der Waals surface area (Å²) in [5.41, 5.74) is 0. The zero-order chi connectivity index (χ0) is 11.4. The van der Waals surface area contributed by atoms with Crippen molar-refractivity contribution in [2.75, 3.05) is 6.26 Å². The molecule has 0 aliphatic carbocycles. The molecule has 4 heteroatoms. The largest absolute Gasteiger partial charge is 0.391 e. The number of aliphatic hydroxyl groups excluding tert-OH is 1. The van der Waals surface area contributed by atoms with Crippen molar-refractivity contribution in [3.8, 4) is 11.8 Å². The SMILES string of the molecule is CC#CCCC(O)C(C)(C)S(C)(=O)=O. The van der Waals surface area contributed by atoms with Crippen molar-refractivity contribution in [1.82, 2.24) is 0 Å². The molecule has 0 amide bonds. The Bertz CT molecular complexity index is 330. The van der Waals surface area contributed by atoms with Gasteiger partial charge in [-0.15, -0.1) is 11.8 Å². The van der Waals surface area contributed by atoms with Gasteiger partial charge in [0.1, 0.15) is 0 Å². The Labute approximate surface area is 86.4 Å². The monoisotopic (exact) mass is 218 g/mol. The normalized spacial score (nSPS) is 14.4. The lowest BCUT2D eigenvalue weighted by molar-refractivity contribution is 0.130. The molecule has 1 atom stereocenters. The standard InChI is InChI=1S/C10H18O3S/c1-5-6-7-8-9(11)10(2,3)14(4,12)13/h9,11H,7-8H2,1-4H3. The second-order valence-corrected chi connectivity index (χ2v) is 6.45. The van der Waals surface area contributed by atoms with Crippen molar-refractivity contribution in [3.05, 3.63) is 0 Å². The summed E-state index contributed by atoms with van der Waals surface area (Å²) in [6, 6.07) is 0. The van der Waals surface area contributed by atoms with Gasteiger partial charge in [0.2, 0.25) is 0 Å². The summed E-state index contributed by atoms with van der Waals surface area (Å²) < 4.78 is 21.6. The smallest absolute Gasteiger partial charge is 0.155 e. The van der Waals surface area contributed by atoms with Gasteiger partial charge >= 0.3 is 0 Å². The number of sulfone groups is 1. The lowest BCUT2D eigenvalue weighted by Gasteiger charge is -2.28. The van der Waals surface area contributed by atoms with Crippen molar-refractivity contribution in [2.24, 2.45) is 0 Å². The molecule has 0 aromatic heterocycles. The molecule has 0 aromatic rings. The average molecular weight is 218 g/mol. The predicted molar refractivity (Wildman–Crippen MR) is 57.6 cm³/mol. The van der Waals surface area contributed by atoms with Gasteiger partial charge in [-0.25, -0.2) is 8.42 Å². The van der Waals surface area contributed by atoms with Crippen LogP contribution in [0.2, 0.25) is 0 Å². The van der Waals surface area contributed by atoms with Gasteiger partial charge in [0.15, 0.2) is 9.84 Å². The van der Waals surface area contributed by atoms with E-state index in [9.17, 15) is 13.5 Å². The van der Waals surface area contributed by atoms with Crippen molar-refractivity contribution in [1.29, 1.82) is 0 Å². The summed E-state index contributed by atoms with van der Waals surface area (Å²) in [6.45, 7) is 4.78. The molecule has 3 nitrogen and oxygen atoms in total. The maximum atomic E-state index is 11.3. The van der Waals surface area contributed by atoms with E-state index >= 15 is 0 Å². The fourth-order valence-corrected chi connectivity index (χ4v) is 1.54. The fraction of sp³-hybridized carbons (Fsp3) is 0.800. The minimum absolute atomic E-state index is 0.390. The van der Waals surface area contributed by atoms with Gasteiger partial charge in [-0.05, 0) is 27.2 Å². The predicted octanol–water partition coefficient (Wildman–Crippen LogP) is 0.974. The molecule has 0 bridgehead atoms. The van der Waals surface area contributed by atoms with Crippen LogP contribution in [0.15, 0.2) is 0 Å². The Morgan fingerprint density at radius 3 is 2.29 bits per heavy atom. The Kier molecular flexibility index (Phi) is 4.63. The van der Waals surface area contributed by atoms with Gasteiger partial charge in [-0.3, -0.25) is 0 Å². The molecule has 14 heavy (non-hydrogen) atoms. The van der Waals surface area contributed by atoms with E-state index in [0.717, 1.165) is 6.26 Å². The molecule has 0 heterocycles. The van der Waals surface area contributed by atoms with E-state index in [1.807, 2.05) is 0 Å². The molecule has 0 fully saturated rings. The maximum Gasteiger partial charge on any atom is 0.155 e. The highest BCUT2D eigenvalue weighted by Gasteiger charge is 2.37. The third-order valence-corrected chi connectivity index (χ3v) is 4.66. The molecule has 0 aliphatic heterocycles. The second kappa shape index (κ2) is 4.81. The van der Waals surface area contributed by atoms with E-state index in [1.54, 1.807) is 6.92 Å². The van der Waals surface area contributed by atoms with Crippen LogP contribution in [0.4, 0.5) is 0 Å². The molecule has 1 unspecified atom stereocenters. The molecule has 82 valence electrons. The van der Waals surface area contributed by atoms with Gasteiger partial charge in [-0.2, -0.15) is 0 Å². The van der Waals surface area contributed by atoms with Gasteiger partial charge in [0.05, 0.1) is 10.9 Å². The first-order chi connectivity index (χ1) is 6.23. The lowest BCUT2D eigenvalue weighted by Crippen LogP contribution is -2.43. The van der Waals surface area contributed by atoms with Crippen molar-refractivity contribution >= 4 is 9.84 Å². The first-order valence-corrected chi connectivity index (χ1v) is 6.40. The van der Waals surface area contributed by atoms with Crippen LogP contribution in [0.5, 0.6) is 0 Å². The van der Waals surface area contributed by atoms with Gasteiger partial charge in [0, 0.05) is 12.7 Å². The summed E-state index contributed by atoms with van der Waals surface area (Å²) in [7, 11) is -3.24. The molecule has 0 radical (unpaired) electrons. The molecule has 0 saturated heterocycles. The number of rotatable bonds is 4. The Balaban J connectivity index is 4.50. The minimum atomic E-state index is -3.24. The third-order valence-electron chi connectivity index (χ3n) is 2.48. The van der Waals surface area contributed by atoms with Gasteiger partial charge in [0.25, 0.3) is 0 Å². The zero-order valence-electron chi connectivity index (χ0n) is 9.16. The van der Waals surface area contributed by atoms with Crippen molar-refractivity contribution in [2.45, 2.75) is 44.5 Å². The van der Waals surface area contributed by atoms with E-state index < -0.39 is 20.7 Å². The molecule has 0 saturated carbocycles. The quantitative estimate of drug-likeness (QED) is 0.715. The van der Waals surface area contributed by atoms with Crippen LogP contribution in [0.25, 0.3) is 0 Å². The summed E-state index contributed by atoms with van der Waals surface area (Å²) in [5.74, 6) is 5.50. The van der Waals surface area contributed by atoms with Crippen LogP contribution in [0.3, 0.4) is 0 Å². The van der Waals surface area contributed by atoms with E-state index in [4.69, 9.17) is 0 Å². The van der Waals surface area contributed by atoms with Crippen LogP contribution in [-0.4, -0.2) is 30.6 Å². The summed E-state index contributed by atoms with van der Waals surface area (Å²) in [5, 5.41) is 9.69. The van der Waals surface area contributed by atoms with Crippen LogP contribution in [0.1, 0.15) is 33.6 Å². The lowest BCUT2D eigenvalue weighted by atomic mass is 10.0. The van der Waals surface area contributed by atoms with Crippen molar-refractivity contribution in [3.63, 3.8) is 0 Å². The van der Waals surface area contributed by atoms with Gasteiger partial charge in [-0.1, -0.05) is 0 Å². The third kappa shape index (κ3) is 3.32. The maximum absolute atomic E-state index is 11.3. The van der Waals surface area contributed by atoms with Crippen LogP contribution < -0.4 is 0 Å². The first kappa shape index (κ1) is 13.5. The second-order valence-electron chi connectivity index (χ2n) is 3.86. The van der Waals surface area contributed by atoms with Crippen LogP contribution in [-0.2, 0) is 9.84 Å². The molecule has 1 N–H and O–H groups in total. The number of aliphatic hydroxyl groups is 1. The van der Waals surface area contributed by atoms with E-state index in [1.165, 1.54) is 13.8 Å². The highest BCUT2D eigenvalue weighted by molar-refractivity contribution is 7.92. The number of hydrogen-bond donors (Lipinski definition) is 1. The van der Waals surface area contributed by atoms with Crippen LogP contribution >= 0.6 is 0 Å². The highest BCUT2D eigenvalue weighted by atomic mass is 32.2. The molecule has 0 rings (SSSR count). The first-order valence-electron chi connectivity index (χ1n) is 4.50. The summed E-state index contributed by atoms with van der Waals surface area (Å²) in [4.78, 5) is 0. The average Bonchev–Trinajstić information content (AvgIpc) is 2.02. The molecular formula is C10H18O3S. The topological polar surface area (TPSA) is 54.4 Å². The van der Waals surface area contributed by atoms with E-state index in [-0.39, 0.29) is 0 Å².